The van der Waals surface area contributed by atoms with Crippen molar-refractivity contribution in [2.75, 3.05) is 7.11 Å². The summed E-state index contributed by atoms with van der Waals surface area (Å²) in [6, 6.07) is 0. The van der Waals surface area contributed by atoms with Crippen LogP contribution in [0.15, 0.2) is 12.2 Å². The summed E-state index contributed by atoms with van der Waals surface area (Å²) in [5, 5.41) is 0. The molecule has 1 fully saturated rings. The molecule has 1 aliphatic carbocycles. The van der Waals surface area contributed by atoms with E-state index < -0.39 is 4.32 Å². The second-order valence-electron chi connectivity index (χ2n) is 2.74. The monoisotopic (exact) mass is 232 g/mol. The number of rotatable bonds is 3. The van der Waals surface area contributed by atoms with E-state index in [1.54, 1.807) is 6.08 Å². The predicted molar refractivity (Wildman–Crippen MR) is 47.0 cm³/mol. The topological polar surface area (TPSA) is 43.4 Å². The predicted octanol–water partition coefficient (Wildman–Crippen LogP) is 1.07. The van der Waals surface area contributed by atoms with Crippen molar-refractivity contribution in [1.82, 2.24) is 0 Å². The number of esters is 1. The molecule has 0 aliphatic heterocycles. The molecule has 1 aliphatic rings. The van der Waals surface area contributed by atoms with Crippen LogP contribution in [0.1, 0.15) is 6.42 Å². The Labute approximate surface area is 78.9 Å². The number of alkyl halides is 1. The fraction of sp³-hybridized carbons (Fsp3) is 0.500. The lowest BCUT2D eigenvalue weighted by molar-refractivity contribution is -0.134. The minimum Gasteiger partial charge on any atom is -0.466 e. The maximum atomic E-state index is 10.6. The first-order chi connectivity index (χ1) is 5.62. The Balaban J connectivity index is 2.41. The average molecular weight is 233 g/mol. The second kappa shape index (κ2) is 3.39. The van der Waals surface area contributed by atoms with Crippen LogP contribution in [0.5, 0.6) is 0 Å². The van der Waals surface area contributed by atoms with Gasteiger partial charge in [0.2, 0.25) is 0 Å². The van der Waals surface area contributed by atoms with Gasteiger partial charge in [-0.1, -0.05) is 22.0 Å². The van der Waals surface area contributed by atoms with Crippen LogP contribution in [0.4, 0.5) is 0 Å². The van der Waals surface area contributed by atoms with E-state index in [1.807, 2.05) is 0 Å². The van der Waals surface area contributed by atoms with E-state index in [0.717, 1.165) is 12.7 Å². The van der Waals surface area contributed by atoms with Crippen LogP contribution < -0.4 is 0 Å². The zero-order valence-electron chi connectivity index (χ0n) is 6.62. The normalized spacial score (nSPS) is 33.3. The fourth-order valence-corrected chi connectivity index (χ4v) is 1.41. The smallest absolute Gasteiger partial charge is 0.330 e. The van der Waals surface area contributed by atoms with Crippen molar-refractivity contribution in [1.29, 1.82) is 0 Å². The number of halogens is 1. The van der Waals surface area contributed by atoms with Gasteiger partial charge in [0.25, 0.3) is 0 Å². The standard InChI is InChI=1S/C8H9BrO3/c1-12-7(11)3-2-6-4-8(6,9)5-10/h2-3,5-6H,4H2,1H3/b3-2+/t6-,8+/m1/s1. The largest absolute Gasteiger partial charge is 0.466 e. The van der Waals surface area contributed by atoms with Gasteiger partial charge in [-0.05, 0) is 6.42 Å². The van der Waals surface area contributed by atoms with Crippen molar-refractivity contribution in [3.8, 4) is 0 Å². The highest BCUT2D eigenvalue weighted by molar-refractivity contribution is 9.10. The Morgan fingerprint density at radius 3 is 2.83 bits per heavy atom. The molecule has 3 nitrogen and oxygen atoms in total. The van der Waals surface area contributed by atoms with Crippen LogP contribution in [0, 0.1) is 5.92 Å². The molecule has 66 valence electrons. The van der Waals surface area contributed by atoms with E-state index in [2.05, 4.69) is 20.7 Å². The van der Waals surface area contributed by atoms with E-state index in [0.29, 0.717) is 0 Å². The number of hydrogen-bond donors (Lipinski definition) is 0. The van der Waals surface area contributed by atoms with Gasteiger partial charge in [-0.15, -0.1) is 0 Å². The van der Waals surface area contributed by atoms with Crippen molar-refractivity contribution in [2.45, 2.75) is 10.7 Å². The van der Waals surface area contributed by atoms with Gasteiger partial charge in [-0.3, -0.25) is 0 Å². The molecular weight excluding hydrogens is 224 g/mol. The van der Waals surface area contributed by atoms with Crippen molar-refractivity contribution in [3.63, 3.8) is 0 Å². The summed E-state index contributed by atoms with van der Waals surface area (Å²) < 4.78 is 3.98. The minimum atomic E-state index is -0.419. The number of allylic oxidation sites excluding steroid dienone is 1. The molecule has 0 aromatic carbocycles. The van der Waals surface area contributed by atoms with Gasteiger partial charge in [0, 0.05) is 12.0 Å². The number of methoxy groups -OCH3 is 1. The van der Waals surface area contributed by atoms with Crippen LogP contribution >= 0.6 is 15.9 Å². The molecule has 12 heavy (non-hydrogen) atoms. The van der Waals surface area contributed by atoms with Crippen LogP contribution in [-0.4, -0.2) is 23.7 Å². The number of carbonyl (C=O) groups excluding carboxylic acids is 2. The zero-order chi connectivity index (χ0) is 9.19. The van der Waals surface area contributed by atoms with E-state index in [9.17, 15) is 9.59 Å². The molecule has 0 unspecified atom stereocenters. The van der Waals surface area contributed by atoms with Gasteiger partial charge in [-0.2, -0.15) is 0 Å². The van der Waals surface area contributed by atoms with E-state index >= 15 is 0 Å². The molecule has 0 radical (unpaired) electrons. The summed E-state index contributed by atoms with van der Waals surface area (Å²) in [5.41, 5.74) is 0. The van der Waals surface area contributed by atoms with Gasteiger partial charge in [0.15, 0.2) is 0 Å². The fourth-order valence-electron chi connectivity index (χ4n) is 0.904. The van der Waals surface area contributed by atoms with Gasteiger partial charge >= 0.3 is 5.97 Å². The summed E-state index contributed by atoms with van der Waals surface area (Å²) in [7, 11) is 1.32. The summed E-state index contributed by atoms with van der Waals surface area (Å²) >= 11 is 3.26. The summed E-state index contributed by atoms with van der Waals surface area (Å²) in [4.78, 5) is 21.0. The number of hydrogen-bond acceptors (Lipinski definition) is 3. The maximum absolute atomic E-state index is 10.6. The molecule has 0 aromatic heterocycles. The van der Waals surface area contributed by atoms with Crippen LogP contribution in [0.3, 0.4) is 0 Å². The summed E-state index contributed by atoms with van der Waals surface area (Å²) in [5.74, 6) is -0.253. The Hall–Kier alpha value is -0.640. The molecule has 1 rings (SSSR count). The lowest BCUT2D eigenvalue weighted by Gasteiger charge is -1.92. The average Bonchev–Trinajstić information content (AvgIpc) is 2.74. The zero-order valence-corrected chi connectivity index (χ0v) is 8.21. The molecule has 0 bridgehead atoms. The van der Waals surface area contributed by atoms with Crippen LogP contribution in [0.25, 0.3) is 0 Å². The van der Waals surface area contributed by atoms with Crippen molar-refractivity contribution in [3.05, 3.63) is 12.2 Å². The highest BCUT2D eigenvalue weighted by Gasteiger charge is 2.50. The summed E-state index contributed by atoms with van der Waals surface area (Å²) in [6.07, 6.45) is 4.65. The molecule has 1 saturated carbocycles. The Morgan fingerprint density at radius 1 is 1.75 bits per heavy atom. The molecule has 2 atom stereocenters. The molecule has 0 spiro atoms. The first-order valence-corrected chi connectivity index (χ1v) is 4.33. The van der Waals surface area contributed by atoms with Crippen LogP contribution in [0.2, 0.25) is 0 Å². The highest BCUT2D eigenvalue weighted by Crippen LogP contribution is 2.50. The number of aldehydes is 1. The lowest BCUT2D eigenvalue weighted by Crippen LogP contribution is -2.01. The Kier molecular flexibility index (Phi) is 2.67. The van der Waals surface area contributed by atoms with Gasteiger partial charge in [0.05, 0.1) is 11.4 Å². The molecule has 0 heterocycles. The maximum Gasteiger partial charge on any atom is 0.330 e. The van der Waals surface area contributed by atoms with Crippen molar-refractivity contribution < 1.29 is 14.3 Å². The lowest BCUT2D eigenvalue weighted by atomic mass is 10.3. The van der Waals surface area contributed by atoms with Gasteiger partial charge < -0.3 is 9.53 Å². The molecule has 0 N–H and O–H groups in total. The SMILES string of the molecule is COC(=O)/C=C/[C@@H]1C[C@]1(Br)C=O. The number of ether oxygens (including phenoxy) is 1. The molecule has 0 saturated heterocycles. The molecule has 0 amide bonds. The third-order valence-corrected chi connectivity index (χ3v) is 2.95. The third kappa shape index (κ3) is 1.94. The minimum absolute atomic E-state index is 0.133. The van der Waals surface area contributed by atoms with E-state index in [4.69, 9.17) is 0 Å². The first-order valence-electron chi connectivity index (χ1n) is 3.54. The Morgan fingerprint density at radius 2 is 2.42 bits per heavy atom. The van der Waals surface area contributed by atoms with Crippen molar-refractivity contribution in [2.24, 2.45) is 5.92 Å². The van der Waals surface area contributed by atoms with E-state index in [1.165, 1.54) is 13.2 Å². The number of carbonyl (C=O) groups is 2. The summed E-state index contributed by atoms with van der Waals surface area (Å²) in [6.45, 7) is 0. The van der Waals surface area contributed by atoms with Gasteiger partial charge in [0.1, 0.15) is 6.29 Å². The van der Waals surface area contributed by atoms with Gasteiger partial charge in [-0.25, -0.2) is 4.79 Å². The quantitative estimate of drug-likeness (QED) is 0.317. The molecular formula is C8H9BrO3. The van der Waals surface area contributed by atoms with E-state index in [-0.39, 0.29) is 11.9 Å². The Bertz CT molecular complexity index is 236. The second-order valence-corrected chi connectivity index (χ2v) is 4.21. The van der Waals surface area contributed by atoms with Crippen LogP contribution in [-0.2, 0) is 14.3 Å². The molecule has 0 aromatic rings. The molecule has 4 heteroatoms. The highest BCUT2D eigenvalue weighted by atomic mass is 79.9. The third-order valence-electron chi connectivity index (χ3n) is 1.85. The first kappa shape index (κ1) is 9.45. The van der Waals surface area contributed by atoms with Crippen molar-refractivity contribution >= 4 is 28.2 Å².